The molecule has 9 nitrogen and oxygen atoms in total. The summed E-state index contributed by atoms with van der Waals surface area (Å²) in [6.45, 7) is 0.359. The molecule has 0 aliphatic heterocycles. The van der Waals surface area contributed by atoms with Crippen molar-refractivity contribution in [1.82, 2.24) is 25.6 Å². The number of benzene rings is 1. The van der Waals surface area contributed by atoms with Gasteiger partial charge in [-0.3, -0.25) is 10.1 Å². The molecular weight excluding hydrogens is 262 g/mol. The Morgan fingerprint density at radius 2 is 2.25 bits per heavy atom. The van der Waals surface area contributed by atoms with E-state index in [1.807, 2.05) is 0 Å². The number of tetrazole rings is 1. The van der Waals surface area contributed by atoms with Crippen molar-refractivity contribution in [3.8, 4) is 0 Å². The third-order valence-corrected chi connectivity index (χ3v) is 2.77. The number of anilines is 1. The molecule has 0 amide bonds. The number of nitro groups is 1. The quantitative estimate of drug-likeness (QED) is 0.541. The molecule has 0 fully saturated rings. The third kappa shape index (κ3) is 2.11. The highest BCUT2D eigenvalue weighted by atomic mass is 16.6. The Bertz CT molecular complexity index is 757. The van der Waals surface area contributed by atoms with E-state index in [0.717, 1.165) is 5.69 Å². The van der Waals surface area contributed by atoms with Crippen molar-refractivity contribution in [2.75, 3.05) is 5.32 Å². The lowest BCUT2D eigenvalue weighted by Crippen LogP contribution is -2.02. The Morgan fingerprint density at radius 3 is 3.00 bits per heavy atom. The van der Waals surface area contributed by atoms with E-state index in [1.54, 1.807) is 18.2 Å². The molecule has 1 aromatic carbocycles. The summed E-state index contributed by atoms with van der Waals surface area (Å²) in [5, 5.41) is 28.2. The summed E-state index contributed by atoms with van der Waals surface area (Å²) in [4.78, 5) is 14.6. The third-order valence-electron chi connectivity index (χ3n) is 2.77. The second-order valence-electron chi connectivity index (χ2n) is 3.97. The van der Waals surface area contributed by atoms with E-state index in [9.17, 15) is 10.1 Å². The minimum atomic E-state index is -0.446. The van der Waals surface area contributed by atoms with E-state index in [-0.39, 0.29) is 5.69 Å². The fourth-order valence-corrected chi connectivity index (χ4v) is 1.89. The Balaban J connectivity index is 1.99. The molecule has 3 rings (SSSR count). The lowest BCUT2D eigenvalue weighted by molar-refractivity contribution is -0.383. The smallest absolute Gasteiger partial charge is 0.295 e. The van der Waals surface area contributed by atoms with Gasteiger partial charge in [-0.15, -0.1) is 10.2 Å². The van der Waals surface area contributed by atoms with Gasteiger partial charge in [0.1, 0.15) is 5.52 Å². The van der Waals surface area contributed by atoms with Crippen molar-refractivity contribution in [2.24, 2.45) is 0 Å². The molecule has 0 spiro atoms. The molecule has 0 radical (unpaired) electrons. The lowest BCUT2D eigenvalue weighted by Gasteiger charge is -2.07. The van der Waals surface area contributed by atoms with Crippen LogP contribution in [0, 0.1) is 10.1 Å². The summed E-state index contributed by atoms with van der Waals surface area (Å²) >= 11 is 0. The van der Waals surface area contributed by atoms with Crippen molar-refractivity contribution in [3.05, 3.63) is 46.4 Å². The number of para-hydroxylation sites is 1. The topological polar surface area (TPSA) is 123 Å². The van der Waals surface area contributed by atoms with Crippen LogP contribution in [-0.4, -0.2) is 30.5 Å². The number of H-pyrrole nitrogens is 1. The number of aromatic amines is 1. The fourth-order valence-electron chi connectivity index (χ4n) is 1.89. The predicted octanol–water partition coefficient (Wildman–Crippen LogP) is 1.27. The first-order valence-corrected chi connectivity index (χ1v) is 5.74. The van der Waals surface area contributed by atoms with Crippen LogP contribution in [0.4, 0.5) is 11.4 Å². The van der Waals surface area contributed by atoms with Crippen LogP contribution in [0.25, 0.3) is 10.9 Å². The number of aromatic nitrogens is 5. The largest absolute Gasteiger partial charge is 0.377 e. The molecule has 0 saturated heterocycles. The van der Waals surface area contributed by atoms with Crippen molar-refractivity contribution >= 4 is 22.3 Å². The Labute approximate surface area is 112 Å². The van der Waals surface area contributed by atoms with Gasteiger partial charge in [-0.2, -0.15) is 5.21 Å². The molecule has 0 atom stereocenters. The standard InChI is InChI=1S/C11H9N7O2/c19-18(20)9-3-1-2-7-8(4-5-12-11(7)9)13-6-10-14-16-17-15-10/h1-5H,6H2,(H,12,13)(H,14,15,16,17). The van der Waals surface area contributed by atoms with E-state index in [0.29, 0.717) is 23.3 Å². The summed E-state index contributed by atoms with van der Waals surface area (Å²) in [7, 11) is 0. The molecule has 2 heterocycles. The van der Waals surface area contributed by atoms with Gasteiger partial charge in [0.2, 0.25) is 0 Å². The van der Waals surface area contributed by atoms with E-state index in [1.165, 1.54) is 12.3 Å². The van der Waals surface area contributed by atoms with Crippen LogP contribution >= 0.6 is 0 Å². The average Bonchev–Trinajstić information content (AvgIpc) is 2.97. The van der Waals surface area contributed by atoms with Gasteiger partial charge in [-0.05, 0) is 6.07 Å². The number of hydrogen-bond acceptors (Lipinski definition) is 7. The van der Waals surface area contributed by atoms with Crippen LogP contribution < -0.4 is 5.32 Å². The molecule has 2 aromatic heterocycles. The van der Waals surface area contributed by atoms with E-state index in [4.69, 9.17) is 0 Å². The zero-order valence-electron chi connectivity index (χ0n) is 10.1. The van der Waals surface area contributed by atoms with Gasteiger partial charge in [-0.1, -0.05) is 17.3 Å². The van der Waals surface area contributed by atoms with Crippen LogP contribution in [-0.2, 0) is 6.54 Å². The predicted molar refractivity (Wildman–Crippen MR) is 69.9 cm³/mol. The van der Waals surface area contributed by atoms with Crippen molar-refractivity contribution < 1.29 is 4.92 Å². The highest BCUT2D eigenvalue weighted by Gasteiger charge is 2.14. The summed E-state index contributed by atoms with van der Waals surface area (Å²) < 4.78 is 0. The van der Waals surface area contributed by atoms with E-state index >= 15 is 0 Å². The molecule has 0 unspecified atom stereocenters. The Hall–Kier alpha value is -3.10. The zero-order valence-corrected chi connectivity index (χ0v) is 10.1. The van der Waals surface area contributed by atoms with Gasteiger partial charge in [0.25, 0.3) is 5.69 Å². The fraction of sp³-hybridized carbons (Fsp3) is 0.0909. The van der Waals surface area contributed by atoms with Crippen LogP contribution in [0.2, 0.25) is 0 Å². The highest BCUT2D eigenvalue weighted by Crippen LogP contribution is 2.28. The number of fused-ring (bicyclic) bond motifs is 1. The molecule has 0 bridgehead atoms. The first-order chi connectivity index (χ1) is 9.75. The number of nitrogens with one attached hydrogen (secondary N) is 2. The van der Waals surface area contributed by atoms with Crippen molar-refractivity contribution in [2.45, 2.75) is 6.54 Å². The second-order valence-corrected chi connectivity index (χ2v) is 3.97. The molecule has 100 valence electrons. The van der Waals surface area contributed by atoms with Crippen LogP contribution in [0.15, 0.2) is 30.5 Å². The average molecular weight is 271 g/mol. The number of pyridine rings is 1. The van der Waals surface area contributed by atoms with Gasteiger partial charge in [-0.25, -0.2) is 4.98 Å². The summed E-state index contributed by atoms with van der Waals surface area (Å²) in [6.07, 6.45) is 1.52. The molecule has 0 aliphatic carbocycles. The molecule has 0 saturated carbocycles. The summed E-state index contributed by atoms with van der Waals surface area (Å²) in [5.74, 6) is 0.500. The minimum absolute atomic E-state index is 0.0225. The molecule has 9 heteroatoms. The molecule has 0 aliphatic rings. The van der Waals surface area contributed by atoms with Gasteiger partial charge < -0.3 is 5.32 Å². The van der Waals surface area contributed by atoms with Gasteiger partial charge in [0, 0.05) is 23.3 Å². The normalized spacial score (nSPS) is 10.6. The van der Waals surface area contributed by atoms with Crippen LogP contribution in [0.3, 0.4) is 0 Å². The summed E-state index contributed by atoms with van der Waals surface area (Å²) in [6, 6.07) is 6.57. The number of nitrogens with zero attached hydrogens (tertiary/aromatic N) is 5. The van der Waals surface area contributed by atoms with Gasteiger partial charge in [0.15, 0.2) is 5.82 Å². The molecular formula is C11H9N7O2. The second kappa shape index (κ2) is 4.88. The van der Waals surface area contributed by atoms with E-state index < -0.39 is 4.92 Å². The maximum absolute atomic E-state index is 11.0. The number of nitro benzene ring substituents is 1. The first-order valence-electron chi connectivity index (χ1n) is 5.74. The van der Waals surface area contributed by atoms with Crippen LogP contribution in [0.5, 0.6) is 0 Å². The molecule has 3 aromatic rings. The van der Waals surface area contributed by atoms with E-state index in [2.05, 4.69) is 30.9 Å². The minimum Gasteiger partial charge on any atom is -0.377 e. The zero-order chi connectivity index (χ0) is 13.9. The van der Waals surface area contributed by atoms with Crippen molar-refractivity contribution in [3.63, 3.8) is 0 Å². The SMILES string of the molecule is O=[N+]([O-])c1cccc2c(NCc3nn[nH]n3)ccnc12. The maximum atomic E-state index is 11.0. The number of hydrogen-bond donors (Lipinski definition) is 2. The first kappa shape index (κ1) is 12.0. The van der Waals surface area contributed by atoms with Gasteiger partial charge >= 0.3 is 0 Å². The highest BCUT2D eigenvalue weighted by molar-refractivity contribution is 5.96. The van der Waals surface area contributed by atoms with Gasteiger partial charge in [0.05, 0.1) is 11.5 Å². The summed E-state index contributed by atoms with van der Waals surface area (Å²) in [5.41, 5.74) is 1.05. The van der Waals surface area contributed by atoms with Crippen LogP contribution in [0.1, 0.15) is 5.82 Å². The lowest BCUT2D eigenvalue weighted by atomic mass is 10.1. The monoisotopic (exact) mass is 271 g/mol. The Kier molecular flexibility index (Phi) is 2.92. The Morgan fingerprint density at radius 1 is 1.35 bits per heavy atom. The number of rotatable bonds is 4. The molecule has 2 N–H and O–H groups in total. The molecule has 20 heavy (non-hydrogen) atoms. The van der Waals surface area contributed by atoms with Crippen molar-refractivity contribution in [1.29, 1.82) is 0 Å². The maximum Gasteiger partial charge on any atom is 0.295 e. The number of non-ortho nitro benzene ring substituents is 1.